The standard InChI is InChI=1S/C14H17N5O5S/c1-16-13-18-10(7-17-14(20)21)6-12(19-13)24-11-4-2-9(3-5-11)8-25(15,22)23/h2-6,17H,7-8H2,1H3,(H,20,21)(H2,15,22,23)(H,16,18,19). The maximum absolute atomic E-state index is 11.1. The van der Waals surface area contributed by atoms with Gasteiger partial charge >= 0.3 is 6.09 Å². The van der Waals surface area contributed by atoms with Crippen LogP contribution in [0.4, 0.5) is 10.7 Å². The first kappa shape index (κ1) is 18.4. The van der Waals surface area contributed by atoms with Gasteiger partial charge in [0.15, 0.2) is 0 Å². The number of aromatic nitrogens is 2. The van der Waals surface area contributed by atoms with E-state index in [0.29, 0.717) is 17.0 Å². The lowest BCUT2D eigenvalue weighted by Gasteiger charge is -2.09. The average molecular weight is 367 g/mol. The highest BCUT2D eigenvalue weighted by Gasteiger charge is 2.09. The number of carboxylic acid groups (broad SMARTS) is 1. The molecule has 0 saturated heterocycles. The number of amides is 1. The van der Waals surface area contributed by atoms with Crippen molar-refractivity contribution in [3.63, 3.8) is 0 Å². The maximum Gasteiger partial charge on any atom is 0.404 e. The molecule has 1 amide bonds. The second-order valence-electron chi connectivity index (χ2n) is 4.98. The molecule has 0 fully saturated rings. The van der Waals surface area contributed by atoms with E-state index in [0.717, 1.165) is 0 Å². The van der Waals surface area contributed by atoms with E-state index < -0.39 is 16.1 Å². The summed E-state index contributed by atoms with van der Waals surface area (Å²) in [5, 5.41) is 18.6. The average Bonchev–Trinajstić information content (AvgIpc) is 2.53. The van der Waals surface area contributed by atoms with E-state index >= 15 is 0 Å². The Labute approximate surface area is 144 Å². The molecule has 134 valence electrons. The van der Waals surface area contributed by atoms with E-state index in [1.54, 1.807) is 31.3 Å². The van der Waals surface area contributed by atoms with Crippen LogP contribution in [0.15, 0.2) is 30.3 Å². The van der Waals surface area contributed by atoms with E-state index in [4.69, 9.17) is 15.0 Å². The normalized spacial score (nSPS) is 11.0. The first-order chi connectivity index (χ1) is 11.7. The Bertz CT molecular complexity index is 854. The van der Waals surface area contributed by atoms with Crippen LogP contribution in [0, 0.1) is 0 Å². The fourth-order valence-corrected chi connectivity index (χ4v) is 2.56. The summed E-state index contributed by atoms with van der Waals surface area (Å²) in [6.45, 7) is -0.00378. The molecule has 10 nitrogen and oxygen atoms in total. The lowest BCUT2D eigenvalue weighted by molar-refractivity contribution is 0.193. The minimum atomic E-state index is -3.60. The number of nitrogens with two attached hydrogens (primary N) is 1. The van der Waals surface area contributed by atoms with E-state index in [-0.39, 0.29) is 24.1 Å². The van der Waals surface area contributed by atoms with Crippen LogP contribution in [0.2, 0.25) is 0 Å². The number of hydrogen-bond donors (Lipinski definition) is 4. The van der Waals surface area contributed by atoms with Crippen molar-refractivity contribution in [3.8, 4) is 11.6 Å². The lowest BCUT2D eigenvalue weighted by atomic mass is 10.2. The van der Waals surface area contributed by atoms with Gasteiger partial charge in [-0.2, -0.15) is 4.98 Å². The summed E-state index contributed by atoms with van der Waals surface area (Å²) in [6.07, 6.45) is -1.17. The molecule has 0 aliphatic carbocycles. The topological polar surface area (TPSA) is 157 Å². The van der Waals surface area contributed by atoms with Crippen molar-refractivity contribution in [1.29, 1.82) is 0 Å². The molecule has 25 heavy (non-hydrogen) atoms. The van der Waals surface area contributed by atoms with E-state index in [1.165, 1.54) is 6.07 Å². The molecule has 0 unspecified atom stereocenters. The zero-order valence-electron chi connectivity index (χ0n) is 13.3. The van der Waals surface area contributed by atoms with Crippen molar-refractivity contribution in [1.82, 2.24) is 15.3 Å². The van der Waals surface area contributed by atoms with Crippen molar-refractivity contribution in [2.45, 2.75) is 12.3 Å². The largest absolute Gasteiger partial charge is 0.465 e. The van der Waals surface area contributed by atoms with Crippen LogP contribution in [0.5, 0.6) is 11.6 Å². The first-order valence-corrected chi connectivity index (χ1v) is 8.76. The van der Waals surface area contributed by atoms with Gasteiger partial charge in [0.05, 0.1) is 18.0 Å². The molecular weight excluding hydrogens is 350 g/mol. The Morgan fingerprint density at radius 1 is 1.28 bits per heavy atom. The van der Waals surface area contributed by atoms with Crippen molar-refractivity contribution in [2.24, 2.45) is 5.14 Å². The Kier molecular flexibility index (Phi) is 5.72. The molecule has 1 aromatic carbocycles. The minimum absolute atomic E-state index is 0.00378. The fourth-order valence-electron chi connectivity index (χ4n) is 1.90. The van der Waals surface area contributed by atoms with Gasteiger partial charge in [0.1, 0.15) is 5.75 Å². The molecule has 1 heterocycles. The van der Waals surface area contributed by atoms with Gasteiger partial charge in [-0.1, -0.05) is 12.1 Å². The molecule has 11 heteroatoms. The number of rotatable bonds is 7. The number of sulfonamides is 1. The van der Waals surface area contributed by atoms with Crippen molar-refractivity contribution < 1.29 is 23.1 Å². The minimum Gasteiger partial charge on any atom is -0.465 e. The first-order valence-electron chi connectivity index (χ1n) is 7.05. The molecule has 5 N–H and O–H groups in total. The second-order valence-corrected chi connectivity index (χ2v) is 6.60. The molecule has 0 aliphatic heterocycles. The van der Waals surface area contributed by atoms with Gasteiger partial charge in [-0.05, 0) is 17.7 Å². The summed E-state index contributed by atoms with van der Waals surface area (Å²) in [5.41, 5.74) is 0.947. The predicted molar refractivity (Wildman–Crippen MR) is 89.8 cm³/mol. The van der Waals surface area contributed by atoms with Gasteiger partial charge in [-0.3, -0.25) is 0 Å². The molecule has 0 saturated carbocycles. The number of hydrogen-bond acceptors (Lipinski definition) is 7. The Morgan fingerprint density at radius 3 is 2.52 bits per heavy atom. The van der Waals surface area contributed by atoms with Crippen LogP contribution in [0.3, 0.4) is 0 Å². The zero-order valence-corrected chi connectivity index (χ0v) is 14.1. The number of anilines is 1. The molecule has 0 spiro atoms. The highest BCUT2D eigenvalue weighted by molar-refractivity contribution is 7.88. The van der Waals surface area contributed by atoms with Crippen LogP contribution in [-0.2, 0) is 22.3 Å². The third-order valence-electron chi connectivity index (χ3n) is 2.91. The monoisotopic (exact) mass is 367 g/mol. The number of primary sulfonamides is 1. The Balaban J connectivity index is 2.15. The van der Waals surface area contributed by atoms with Gasteiger partial charge < -0.3 is 20.5 Å². The van der Waals surface area contributed by atoms with Crippen LogP contribution in [-0.4, -0.2) is 36.6 Å². The van der Waals surface area contributed by atoms with Gasteiger partial charge in [0.25, 0.3) is 0 Å². The molecule has 0 atom stereocenters. The molecular formula is C14H17N5O5S. The van der Waals surface area contributed by atoms with Crippen LogP contribution < -0.4 is 20.5 Å². The number of nitrogens with zero attached hydrogens (tertiary/aromatic N) is 2. The molecule has 0 radical (unpaired) electrons. The molecule has 2 rings (SSSR count). The second kappa shape index (κ2) is 7.77. The quantitative estimate of drug-likeness (QED) is 0.561. The Hall–Kier alpha value is -2.92. The smallest absolute Gasteiger partial charge is 0.404 e. The summed E-state index contributed by atoms with van der Waals surface area (Å²) in [5.74, 6) is 0.637. The van der Waals surface area contributed by atoms with Gasteiger partial charge in [0.2, 0.25) is 21.9 Å². The van der Waals surface area contributed by atoms with E-state index in [2.05, 4.69) is 20.6 Å². The number of carbonyl (C=O) groups is 1. The van der Waals surface area contributed by atoms with Crippen LogP contribution in [0.1, 0.15) is 11.3 Å². The predicted octanol–water partition coefficient (Wildman–Crippen LogP) is 0.867. The highest BCUT2D eigenvalue weighted by atomic mass is 32.2. The van der Waals surface area contributed by atoms with Crippen LogP contribution in [0.25, 0.3) is 0 Å². The van der Waals surface area contributed by atoms with Gasteiger partial charge in [0, 0.05) is 13.1 Å². The summed E-state index contributed by atoms with van der Waals surface area (Å²) < 4.78 is 27.7. The number of nitrogens with one attached hydrogen (secondary N) is 2. The number of benzene rings is 1. The van der Waals surface area contributed by atoms with Crippen molar-refractivity contribution in [2.75, 3.05) is 12.4 Å². The van der Waals surface area contributed by atoms with E-state index in [9.17, 15) is 13.2 Å². The summed E-state index contributed by atoms with van der Waals surface area (Å²) in [6, 6.07) is 7.81. The Morgan fingerprint density at radius 2 is 1.96 bits per heavy atom. The number of ether oxygens (including phenoxy) is 1. The fraction of sp³-hybridized carbons (Fsp3) is 0.214. The summed E-state index contributed by atoms with van der Waals surface area (Å²) in [7, 11) is -1.98. The zero-order chi connectivity index (χ0) is 18.4. The summed E-state index contributed by atoms with van der Waals surface area (Å²) in [4.78, 5) is 18.8. The summed E-state index contributed by atoms with van der Waals surface area (Å²) >= 11 is 0. The molecule has 0 bridgehead atoms. The van der Waals surface area contributed by atoms with Gasteiger partial charge in [-0.15, -0.1) is 0 Å². The third kappa shape index (κ3) is 6.24. The lowest BCUT2D eigenvalue weighted by Crippen LogP contribution is -2.21. The van der Waals surface area contributed by atoms with Gasteiger partial charge in [-0.25, -0.2) is 23.3 Å². The van der Waals surface area contributed by atoms with Crippen molar-refractivity contribution in [3.05, 3.63) is 41.6 Å². The SMILES string of the molecule is CNc1nc(CNC(=O)O)cc(Oc2ccc(CS(N)(=O)=O)cc2)n1. The highest BCUT2D eigenvalue weighted by Crippen LogP contribution is 2.22. The molecule has 1 aromatic heterocycles. The molecule has 0 aliphatic rings. The third-order valence-corrected chi connectivity index (χ3v) is 3.65. The maximum atomic E-state index is 11.1. The van der Waals surface area contributed by atoms with E-state index in [1.807, 2.05) is 0 Å². The van der Waals surface area contributed by atoms with Crippen molar-refractivity contribution >= 4 is 22.1 Å². The molecule has 2 aromatic rings. The van der Waals surface area contributed by atoms with Crippen LogP contribution >= 0.6 is 0 Å².